The SMILES string of the molecule is O=C1[C@H]2[C@@H](C(=O)N1c1ccccc1)[C@@H](c1ccccc1)C=C1CCC[C@@H](NC(=O)C(Cl)(Cl)Cl)[C@H]12. The quantitative estimate of drug-likeness (QED) is 0.347. The summed E-state index contributed by atoms with van der Waals surface area (Å²) in [5, 5.41) is 2.86. The largest absolute Gasteiger partial charge is 0.349 e. The second-order valence-corrected chi connectivity index (χ2v) is 11.4. The van der Waals surface area contributed by atoms with E-state index in [9.17, 15) is 14.4 Å². The highest BCUT2D eigenvalue weighted by Gasteiger charge is 2.59. The van der Waals surface area contributed by atoms with Gasteiger partial charge in [0.1, 0.15) is 0 Å². The summed E-state index contributed by atoms with van der Waals surface area (Å²) in [6.45, 7) is 0. The smallest absolute Gasteiger partial charge is 0.272 e. The number of rotatable bonds is 3. The second-order valence-electron chi connectivity index (χ2n) is 9.07. The monoisotopic (exact) mass is 516 g/mol. The molecule has 176 valence electrons. The molecule has 0 radical (unpaired) electrons. The van der Waals surface area contributed by atoms with E-state index in [1.54, 1.807) is 24.3 Å². The number of fused-ring (bicyclic) bond motifs is 3. The zero-order chi connectivity index (χ0) is 24.0. The van der Waals surface area contributed by atoms with Crippen LogP contribution in [0.2, 0.25) is 0 Å². The highest BCUT2D eigenvalue weighted by Crippen LogP contribution is 2.53. The van der Waals surface area contributed by atoms with Crippen LogP contribution in [-0.4, -0.2) is 27.6 Å². The van der Waals surface area contributed by atoms with Gasteiger partial charge in [0.2, 0.25) is 11.8 Å². The van der Waals surface area contributed by atoms with E-state index in [0.29, 0.717) is 12.1 Å². The number of hydrogen-bond acceptors (Lipinski definition) is 3. The summed E-state index contributed by atoms with van der Waals surface area (Å²) in [4.78, 5) is 41.6. The number of benzene rings is 2. The molecule has 5 rings (SSSR count). The minimum Gasteiger partial charge on any atom is -0.349 e. The predicted octanol–water partition coefficient (Wildman–Crippen LogP) is 5.17. The summed E-state index contributed by atoms with van der Waals surface area (Å²) < 4.78 is -2.10. The Kier molecular flexibility index (Phi) is 6.21. The first kappa shape index (κ1) is 23.4. The minimum absolute atomic E-state index is 0.220. The molecule has 5 atom stereocenters. The predicted molar refractivity (Wildman–Crippen MR) is 133 cm³/mol. The Morgan fingerprint density at radius 3 is 2.15 bits per heavy atom. The summed E-state index contributed by atoms with van der Waals surface area (Å²) >= 11 is 17.5. The van der Waals surface area contributed by atoms with Crippen molar-refractivity contribution in [1.82, 2.24) is 5.32 Å². The van der Waals surface area contributed by atoms with Crippen molar-refractivity contribution < 1.29 is 14.4 Å². The number of alkyl halides is 3. The zero-order valence-corrected chi connectivity index (χ0v) is 20.4. The molecule has 2 aromatic carbocycles. The van der Waals surface area contributed by atoms with Crippen molar-refractivity contribution >= 4 is 58.2 Å². The normalized spacial score (nSPS) is 28.7. The van der Waals surface area contributed by atoms with Crippen molar-refractivity contribution in [2.75, 3.05) is 4.90 Å². The highest BCUT2D eigenvalue weighted by molar-refractivity contribution is 6.76. The minimum atomic E-state index is -2.10. The Hall–Kier alpha value is -2.34. The van der Waals surface area contributed by atoms with Crippen LogP contribution in [0.4, 0.5) is 5.69 Å². The summed E-state index contributed by atoms with van der Waals surface area (Å²) in [6.07, 6.45) is 4.40. The van der Waals surface area contributed by atoms with Crippen LogP contribution in [0.25, 0.3) is 0 Å². The van der Waals surface area contributed by atoms with Crippen molar-refractivity contribution in [3.05, 3.63) is 77.9 Å². The van der Waals surface area contributed by atoms with Crippen molar-refractivity contribution in [2.45, 2.75) is 35.0 Å². The van der Waals surface area contributed by atoms with Gasteiger partial charge < -0.3 is 5.32 Å². The Morgan fingerprint density at radius 1 is 0.882 bits per heavy atom. The number of imide groups is 1. The van der Waals surface area contributed by atoms with Gasteiger partial charge in [-0.3, -0.25) is 19.3 Å². The first-order valence-electron chi connectivity index (χ1n) is 11.3. The van der Waals surface area contributed by atoms with Gasteiger partial charge in [0.25, 0.3) is 9.70 Å². The molecule has 2 fully saturated rings. The summed E-state index contributed by atoms with van der Waals surface area (Å²) in [7, 11) is 0. The number of allylic oxidation sites excluding steroid dienone is 1. The fourth-order valence-corrected chi connectivity index (χ4v) is 5.99. The standard InChI is InChI=1S/C26H23Cl3N2O3/c27-26(28,29)25(34)30-19-13-7-10-16-14-18(15-8-3-1-4-9-15)21-22(20(16)19)24(33)31(23(21)32)17-11-5-2-6-12-17/h1-6,8-9,11-12,14,18-22H,7,10,13H2,(H,30,34)/t18-,19-,20+,21+,22-/m1/s1. The van der Waals surface area contributed by atoms with Gasteiger partial charge in [-0.15, -0.1) is 0 Å². The van der Waals surface area contributed by atoms with Crippen molar-refractivity contribution in [3.63, 3.8) is 0 Å². The molecule has 3 aliphatic rings. The molecule has 1 N–H and O–H groups in total. The van der Waals surface area contributed by atoms with E-state index >= 15 is 0 Å². The molecular weight excluding hydrogens is 495 g/mol. The van der Waals surface area contributed by atoms with E-state index in [1.807, 2.05) is 36.4 Å². The lowest BCUT2D eigenvalue weighted by Crippen LogP contribution is -2.52. The molecule has 8 heteroatoms. The first-order valence-corrected chi connectivity index (χ1v) is 12.5. The van der Waals surface area contributed by atoms with Gasteiger partial charge >= 0.3 is 0 Å². The van der Waals surface area contributed by atoms with Gasteiger partial charge in [0.05, 0.1) is 17.5 Å². The Labute approximate surface area is 213 Å². The lowest BCUT2D eigenvalue weighted by Gasteiger charge is -2.43. The molecule has 0 unspecified atom stereocenters. The van der Waals surface area contributed by atoms with Crippen LogP contribution < -0.4 is 10.2 Å². The van der Waals surface area contributed by atoms with E-state index in [4.69, 9.17) is 34.8 Å². The molecule has 3 amide bonds. The molecule has 1 aliphatic heterocycles. The molecule has 0 spiro atoms. The highest BCUT2D eigenvalue weighted by atomic mass is 35.6. The average Bonchev–Trinajstić information content (AvgIpc) is 3.09. The van der Waals surface area contributed by atoms with Gasteiger partial charge in [-0.2, -0.15) is 0 Å². The molecule has 0 bridgehead atoms. The number of carbonyl (C=O) groups is 3. The van der Waals surface area contributed by atoms with Crippen LogP contribution in [0, 0.1) is 17.8 Å². The summed E-state index contributed by atoms with van der Waals surface area (Å²) in [6, 6.07) is 18.4. The Balaban J connectivity index is 1.60. The van der Waals surface area contributed by atoms with Crippen LogP contribution in [0.15, 0.2) is 72.3 Å². The van der Waals surface area contributed by atoms with Gasteiger partial charge in [-0.1, -0.05) is 95.0 Å². The topological polar surface area (TPSA) is 66.5 Å². The summed E-state index contributed by atoms with van der Waals surface area (Å²) in [5.41, 5.74) is 2.62. The fourth-order valence-electron chi connectivity index (χ4n) is 5.83. The molecule has 1 heterocycles. The Bertz CT molecular complexity index is 1150. The lowest BCUT2D eigenvalue weighted by atomic mass is 9.61. The van der Waals surface area contributed by atoms with Crippen molar-refractivity contribution in [3.8, 4) is 0 Å². The maximum absolute atomic E-state index is 13.9. The third-order valence-electron chi connectivity index (χ3n) is 7.18. The first-order chi connectivity index (χ1) is 16.3. The number of anilines is 1. The second kappa shape index (κ2) is 9.03. The molecular formula is C26H23Cl3N2O3. The average molecular weight is 518 g/mol. The van der Waals surface area contributed by atoms with Crippen LogP contribution >= 0.6 is 34.8 Å². The maximum atomic E-state index is 13.9. The van der Waals surface area contributed by atoms with Gasteiger partial charge in [0, 0.05) is 17.9 Å². The molecule has 1 saturated heterocycles. The van der Waals surface area contributed by atoms with Gasteiger partial charge in [-0.25, -0.2) is 0 Å². The number of para-hydroxylation sites is 1. The third-order valence-corrected chi connectivity index (χ3v) is 7.70. The Morgan fingerprint density at radius 2 is 1.50 bits per heavy atom. The van der Waals surface area contributed by atoms with Crippen LogP contribution in [0.3, 0.4) is 0 Å². The van der Waals surface area contributed by atoms with E-state index < -0.39 is 27.6 Å². The van der Waals surface area contributed by atoms with E-state index in [2.05, 4.69) is 11.4 Å². The molecule has 5 nitrogen and oxygen atoms in total. The number of halogens is 3. The molecule has 0 aromatic heterocycles. The number of nitrogens with one attached hydrogen (secondary N) is 1. The van der Waals surface area contributed by atoms with Crippen LogP contribution in [0.1, 0.15) is 30.7 Å². The van der Waals surface area contributed by atoms with Crippen molar-refractivity contribution in [1.29, 1.82) is 0 Å². The summed E-state index contributed by atoms with van der Waals surface area (Å²) in [5.74, 6) is -2.93. The molecule has 2 aromatic rings. The van der Waals surface area contributed by atoms with Crippen molar-refractivity contribution in [2.24, 2.45) is 17.8 Å². The molecule has 34 heavy (non-hydrogen) atoms. The zero-order valence-electron chi connectivity index (χ0n) is 18.2. The number of nitrogens with zero attached hydrogens (tertiary/aromatic N) is 1. The number of hydrogen-bond donors (Lipinski definition) is 1. The fraction of sp³-hybridized carbons (Fsp3) is 0.346. The van der Waals surface area contributed by atoms with E-state index in [-0.39, 0.29) is 23.7 Å². The lowest BCUT2D eigenvalue weighted by molar-refractivity contribution is -0.125. The van der Waals surface area contributed by atoms with Crippen LogP contribution in [0.5, 0.6) is 0 Å². The van der Waals surface area contributed by atoms with Gasteiger partial charge in [0.15, 0.2) is 0 Å². The van der Waals surface area contributed by atoms with Gasteiger partial charge in [-0.05, 0) is 37.0 Å². The van der Waals surface area contributed by atoms with E-state index in [0.717, 1.165) is 24.0 Å². The van der Waals surface area contributed by atoms with Crippen LogP contribution in [-0.2, 0) is 14.4 Å². The van der Waals surface area contributed by atoms with E-state index in [1.165, 1.54) is 4.90 Å². The molecule has 2 aliphatic carbocycles. The number of amides is 3. The third kappa shape index (κ3) is 4.04. The number of carbonyl (C=O) groups excluding carboxylic acids is 3. The maximum Gasteiger partial charge on any atom is 0.272 e. The molecule has 1 saturated carbocycles.